The number of rotatable bonds is 10. The summed E-state index contributed by atoms with van der Waals surface area (Å²) in [5.41, 5.74) is 1.23. The van der Waals surface area contributed by atoms with Crippen LogP contribution < -0.4 is 10.6 Å². The second-order valence-corrected chi connectivity index (χ2v) is 7.81. The van der Waals surface area contributed by atoms with Crippen LogP contribution in [0, 0.1) is 5.41 Å². The Hall–Kier alpha value is -1.56. The van der Waals surface area contributed by atoms with Crippen LogP contribution in [-0.2, 0) is 6.54 Å². The zero-order chi connectivity index (χ0) is 19.5. The number of guanidine groups is 1. The molecule has 0 radical (unpaired) electrons. The minimum Gasteiger partial charge on any atom is -0.396 e. The van der Waals surface area contributed by atoms with Crippen LogP contribution in [0.2, 0.25) is 0 Å². The smallest absolute Gasteiger partial charge is 0.191 e. The zero-order valence-electron chi connectivity index (χ0n) is 17.4. The first-order valence-corrected chi connectivity index (χ1v) is 10.7. The number of hydrogen-bond donors (Lipinski definition) is 3. The first-order chi connectivity index (χ1) is 13.2. The first kappa shape index (κ1) is 21.7. The minimum atomic E-state index is 0.193. The van der Waals surface area contributed by atoms with Crippen molar-refractivity contribution in [2.45, 2.75) is 84.6 Å². The van der Waals surface area contributed by atoms with Crippen molar-refractivity contribution in [2.24, 2.45) is 10.4 Å². The van der Waals surface area contributed by atoms with Crippen LogP contribution in [0.3, 0.4) is 0 Å². The SMILES string of the molecule is CCNC(=NCc1cc(C(CC)CC)no1)NCC1(CCO)CCCCC1. The molecule has 0 aliphatic heterocycles. The van der Waals surface area contributed by atoms with E-state index in [-0.39, 0.29) is 12.0 Å². The highest BCUT2D eigenvalue weighted by Gasteiger charge is 2.31. The van der Waals surface area contributed by atoms with Gasteiger partial charge in [0, 0.05) is 31.7 Å². The molecule has 0 atom stereocenters. The summed E-state index contributed by atoms with van der Waals surface area (Å²) in [7, 11) is 0. The van der Waals surface area contributed by atoms with Crippen LogP contribution in [0.5, 0.6) is 0 Å². The predicted octanol–water partition coefficient (Wildman–Crippen LogP) is 3.97. The largest absolute Gasteiger partial charge is 0.396 e. The Morgan fingerprint density at radius 2 is 1.96 bits per heavy atom. The lowest BCUT2D eigenvalue weighted by Gasteiger charge is -2.37. The van der Waals surface area contributed by atoms with Crippen molar-refractivity contribution < 1.29 is 9.63 Å². The van der Waals surface area contributed by atoms with Crippen molar-refractivity contribution in [1.82, 2.24) is 15.8 Å². The van der Waals surface area contributed by atoms with Crippen molar-refractivity contribution in [3.63, 3.8) is 0 Å². The van der Waals surface area contributed by atoms with Crippen molar-refractivity contribution >= 4 is 5.96 Å². The summed E-state index contributed by atoms with van der Waals surface area (Å²) >= 11 is 0. The fraction of sp³-hybridized carbons (Fsp3) is 0.810. The lowest BCUT2D eigenvalue weighted by Crippen LogP contribution is -2.44. The van der Waals surface area contributed by atoms with Crippen LogP contribution in [-0.4, -0.2) is 35.9 Å². The van der Waals surface area contributed by atoms with E-state index in [0.717, 1.165) is 49.8 Å². The molecule has 0 saturated heterocycles. The molecule has 6 nitrogen and oxygen atoms in total. The lowest BCUT2D eigenvalue weighted by molar-refractivity contribution is 0.131. The maximum Gasteiger partial charge on any atom is 0.191 e. The summed E-state index contributed by atoms with van der Waals surface area (Å²) < 4.78 is 5.48. The average molecular weight is 379 g/mol. The minimum absolute atomic E-state index is 0.193. The van der Waals surface area contributed by atoms with E-state index in [0.29, 0.717) is 12.5 Å². The zero-order valence-corrected chi connectivity index (χ0v) is 17.4. The molecular weight excluding hydrogens is 340 g/mol. The molecule has 154 valence electrons. The topological polar surface area (TPSA) is 82.7 Å². The Bertz CT molecular complexity index is 555. The third-order valence-corrected chi connectivity index (χ3v) is 5.91. The molecule has 1 heterocycles. The van der Waals surface area contributed by atoms with Crippen LogP contribution >= 0.6 is 0 Å². The summed E-state index contributed by atoms with van der Waals surface area (Å²) in [6.45, 7) is 8.84. The van der Waals surface area contributed by atoms with E-state index >= 15 is 0 Å². The average Bonchev–Trinajstić information content (AvgIpc) is 3.15. The van der Waals surface area contributed by atoms with E-state index in [1.54, 1.807) is 0 Å². The fourth-order valence-electron chi connectivity index (χ4n) is 4.13. The number of aromatic nitrogens is 1. The summed E-state index contributed by atoms with van der Waals surface area (Å²) in [4.78, 5) is 4.68. The predicted molar refractivity (Wildman–Crippen MR) is 110 cm³/mol. The van der Waals surface area contributed by atoms with E-state index in [4.69, 9.17) is 4.52 Å². The third-order valence-electron chi connectivity index (χ3n) is 5.91. The van der Waals surface area contributed by atoms with Gasteiger partial charge in [-0.3, -0.25) is 0 Å². The molecule has 1 aromatic heterocycles. The molecular formula is C21H38N4O2. The Kier molecular flexibility index (Phi) is 9.11. The van der Waals surface area contributed by atoms with E-state index in [1.165, 1.54) is 32.1 Å². The summed E-state index contributed by atoms with van der Waals surface area (Å²) in [5, 5.41) is 20.5. The van der Waals surface area contributed by atoms with Gasteiger partial charge in [0.15, 0.2) is 11.7 Å². The van der Waals surface area contributed by atoms with Gasteiger partial charge in [-0.2, -0.15) is 0 Å². The molecule has 0 spiro atoms. The molecule has 2 rings (SSSR count). The van der Waals surface area contributed by atoms with Crippen LogP contribution in [0.4, 0.5) is 0 Å². The molecule has 3 N–H and O–H groups in total. The molecule has 0 bridgehead atoms. The van der Waals surface area contributed by atoms with Gasteiger partial charge in [0.05, 0.1) is 5.69 Å². The second kappa shape index (κ2) is 11.3. The maximum atomic E-state index is 9.50. The summed E-state index contributed by atoms with van der Waals surface area (Å²) in [5.74, 6) is 2.07. The lowest BCUT2D eigenvalue weighted by atomic mass is 9.72. The van der Waals surface area contributed by atoms with Gasteiger partial charge in [0.25, 0.3) is 0 Å². The van der Waals surface area contributed by atoms with Gasteiger partial charge in [-0.05, 0) is 44.4 Å². The Balaban J connectivity index is 1.97. The molecule has 1 fully saturated rings. The van der Waals surface area contributed by atoms with E-state index in [2.05, 4.69) is 41.6 Å². The summed E-state index contributed by atoms with van der Waals surface area (Å²) in [6.07, 6.45) is 9.19. The van der Waals surface area contributed by atoms with Gasteiger partial charge in [-0.25, -0.2) is 4.99 Å². The number of aliphatic imine (C=N–C) groups is 1. The van der Waals surface area contributed by atoms with Crippen LogP contribution in [0.25, 0.3) is 0 Å². The number of aliphatic hydroxyl groups is 1. The highest BCUT2D eigenvalue weighted by Crippen LogP contribution is 2.38. The third kappa shape index (κ3) is 6.52. The standard InChI is InChI=1S/C21H38N4O2/c1-4-17(5-2)19-14-18(27-25-19)15-23-20(22-6-3)24-16-21(12-13-26)10-8-7-9-11-21/h14,17,26H,4-13,15-16H2,1-3H3,(H2,22,23,24). The molecule has 0 aromatic carbocycles. The van der Waals surface area contributed by atoms with Gasteiger partial charge in [0.1, 0.15) is 6.54 Å². The molecule has 1 aromatic rings. The van der Waals surface area contributed by atoms with Gasteiger partial charge in [-0.1, -0.05) is 38.3 Å². The van der Waals surface area contributed by atoms with Crippen molar-refractivity contribution in [3.05, 3.63) is 17.5 Å². The highest BCUT2D eigenvalue weighted by atomic mass is 16.5. The normalized spacial score (nSPS) is 17.3. The quantitative estimate of drug-likeness (QED) is 0.424. The van der Waals surface area contributed by atoms with Crippen molar-refractivity contribution in [2.75, 3.05) is 19.7 Å². The van der Waals surface area contributed by atoms with Gasteiger partial charge >= 0.3 is 0 Å². The molecule has 1 aliphatic carbocycles. The number of hydrogen-bond acceptors (Lipinski definition) is 4. The van der Waals surface area contributed by atoms with Gasteiger partial charge in [-0.15, -0.1) is 0 Å². The van der Waals surface area contributed by atoms with E-state index in [9.17, 15) is 5.11 Å². The first-order valence-electron chi connectivity index (χ1n) is 10.7. The van der Waals surface area contributed by atoms with Gasteiger partial charge in [0.2, 0.25) is 0 Å². The highest BCUT2D eigenvalue weighted by molar-refractivity contribution is 5.79. The van der Waals surface area contributed by atoms with Crippen LogP contribution in [0.15, 0.2) is 15.6 Å². The molecule has 0 amide bonds. The Labute approximate surface area is 164 Å². The maximum absolute atomic E-state index is 9.50. The molecule has 1 aliphatic rings. The molecule has 6 heteroatoms. The van der Waals surface area contributed by atoms with E-state index in [1.807, 2.05) is 6.07 Å². The molecule has 27 heavy (non-hydrogen) atoms. The van der Waals surface area contributed by atoms with E-state index < -0.39 is 0 Å². The molecule has 0 unspecified atom stereocenters. The van der Waals surface area contributed by atoms with Crippen molar-refractivity contribution in [1.29, 1.82) is 0 Å². The Morgan fingerprint density at radius 1 is 1.22 bits per heavy atom. The number of aliphatic hydroxyl groups excluding tert-OH is 1. The second-order valence-electron chi connectivity index (χ2n) is 7.81. The monoisotopic (exact) mass is 378 g/mol. The molecule has 1 saturated carbocycles. The summed E-state index contributed by atoms with van der Waals surface area (Å²) in [6, 6.07) is 2.04. The van der Waals surface area contributed by atoms with Crippen molar-refractivity contribution in [3.8, 4) is 0 Å². The Morgan fingerprint density at radius 3 is 2.59 bits per heavy atom. The van der Waals surface area contributed by atoms with Gasteiger partial charge < -0.3 is 20.3 Å². The number of nitrogens with one attached hydrogen (secondary N) is 2. The fourth-order valence-corrected chi connectivity index (χ4v) is 4.13. The number of nitrogens with zero attached hydrogens (tertiary/aromatic N) is 2. The van der Waals surface area contributed by atoms with Crippen LogP contribution in [0.1, 0.15) is 89.5 Å².